The normalized spacial score (nSPS) is 16.1. The number of halogens is 1. The lowest BCUT2D eigenvalue weighted by Gasteiger charge is -2.18. The Balaban J connectivity index is 1.46. The van der Waals surface area contributed by atoms with Gasteiger partial charge >= 0.3 is 0 Å². The summed E-state index contributed by atoms with van der Waals surface area (Å²) < 4.78 is 45.3. The van der Waals surface area contributed by atoms with E-state index in [1.165, 1.54) is 18.2 Å². The molecule has 31 heavy (non-hydrogen) atoms. The first-order chi connectivity index (χ1) is 15.0. The number of fused-ring (bicyclic) bond motifs is 2. The number of hydrogen-bond acceptors (Lipinski definition) is 4. The number of rotatable bonds is 4. The molecule has 0 unspecified atom stereocenters. The first kappa shape index (κ1) is 19.9. The third kappa shape index (κ3) is 3.87. The molecule has 2 aliphatic rings. The van der Waals surface area contributed by atoms with E-state index in [1.807, 2.05) is 28.8 Å². The Morgan fingerprint density at radius 2 is 1.84 bits per heavy atom. The first-order valence-electron chi connectivity index (χ1n) is 10.5. The standard InChI is InChI=1S/C23H23FN4O2S/c24-21-12-10-18(15-20(21)23-26-25-22-8-2-1-5-13-28(22)23)27-31(29,30)19-11-9-16-6-3-4-7-17(16)14-19/h3-4,6-7,10,12,14-15,27H,1-2,5,8-9,11,13H2. The molecular weight excluding hydrogens is 415 g/mol. The zero-order chi connectivity index (χ0) is 21.4. The Morgan fingerprint density at radius 3 is 2.74 bits per heavy atom. The molecule has 0 bridgehead atoms. The molecule has 6 nitrogen and oxygen atoms in total. The molecule has 0 spiro atoms. The molecule has 1 N–H and O–H groups in total. The third-order valence-corrected chi connectivity index (χ3v) is 7.44. The molecule has 5 rings (SSSR count). The van der Waals surface area contributed by atoms with E-state index in [4.69, 9.17) is 0 Å². The SMILES string of the molecule is O=S(=O)(Nc1ccc(F)c(-c2nnc3n2CCCCC3)c1)C1=Cc2ccccc2CC1. The predicted molar refractivity (Wildman–Crippen MR) is 118 cm³/mol. The van der Waals surface area contributed by atoms with Crippen molar-refractivity contribution in [2.75, 3.05) is 4.72 Å². The Hall–Kier alpha value is -3.00. The fourth-order valence-corrected chi connectivity index (χ4v) is 5.50. The van der Waals surface area contributed by atoms with Crippen molar-refractivity contribution >= 4 is 21.8 Å². The van der Waals surface area contributed by atoms with Gasteiger partial charge in [0.15, 0.2) is 5.82 Å². The molecular formula is C23H23FN4O2S. The number of hydrogen-bond donors (Lipinski definition) is 1. The van der Waals surface area contributed by atoms with Crippen LogP contribution in [0.4, 0.5) is 10.1 Å². The number of allylic oxidation sites excluding steroid dienone is 1. The van der Waals surface area contributed by atoms with E-state index in [0.29, 0.717) is 29.3 Å². The van der Waals surface area contributed by atoms with Gasteiger partial charge in [-0.15, -0.1) is 10.2 Å². The number of nitrogens with zero attached hydrogens (tertiary/aromatic N) is 3. The number of aryl methyl sites for hydroxylation is 2. The smallest absolute Gasteiger partial charge is 0.258 e. The van der Waals surface area contributed by atoms with Crippen LogP contribution in [0.2, 0.25) is 0 Å². The van der Waals surface area contributed by atoms with Crippen molar-refractivity contribution in [1.29, 1.82) is 0 Å². The lowest BCUT2D eigenvalue weighted by atomic mass is 9.98. The van der Waals surface area contributed by atoms with Gasteiger partial charge in [0.25, 0.3) is 10.0 Å². The Labute approximate surface area is 180 Å². The highest BCUT2D eigenvalue weighted by atomic mass is 32.2. The van der Waals surface area contributed by atoms with Crippen LogP contribution in [0.25, 0.3) is 17.5 Å². The van der Waals surface area contributed by atoms with Crippen LogP contribution in [-0.2, 0) is 29.4 Å². The molecule has 0 saturated carbocycles. The van der Waals surface area contributed by atoms with Gasteiger partial charge in [0.05, 0.1) is 10.5 Å². The van der Waals surface area contributed by atoms with Gasteiger partial charge in [0.2, 0.25) is 0 Å². The van der Waals surface area contributed by atoms with Crippen molar-refractivity contribution in [3.63, 3.8) is 0 Å². The molecule has 2 heterocycles. The van der Waals surface area contributed by atoms with Crippen LogP contribution >= 0.6 is 0 Å². The van der Waals surface area contributed by atoms with Crippen molar-refractivity contribution < 1.29 is 12.8 Å². The van der Waals surface area contributed by atoms with E-state index in [-0.39, 0.29) is 5.56 Å². The van der Waals surface area contributed by atoms with Crippen LogP contribution in [0.1, 0.15) is 42.6 Å². The van der Waals surface area contributed by atoms with Crippen LogP contribution < -0.4 is 4.72 Å². The predicted octanol–water partition coefficient (Wildman–Crippen LogP) is 4.54. The molecule has 8 heteroatoms. The average Bonchev–Trinajstić information content (AvgIpc) is 3.02. The maximum absolute atomic E-state index is 14.7. The van der Waals surface area contributed by atoms with Crippen LogP contribution in [0.15, 0.2) is 47.4 Å². The number of anilines is 1. The van der Waals surface area contributed by atoms with Gasteiger partial charge in [-0.3, -0.25) is 4.72 Å². The molecule has 0 amide bonds. The zero-order valence-corrected chi connectivity index (χ0v) is 17.8. The molecule has 0 atom stereocenters. The molecule has 1 aliphatic carbocycles. The second-order valence-electron chi connectivity index (χ2n) is 8.01. The number of aromatic nitrogens is 3. The summed E-state index contributed by atoms with van der Waals surface area (Å²) >= 11 is 0. The molecule has 160 valence electrons. The van der Waals surface area contributed by atoms with E-state index in [1.54, 1.807) is 6.08 Å². The molecule has 3 aromatic rings. The Bertz CT molecular complexity index is 1280. The summed E-state index contributed by atoms with van der Waals surface area (Å²) in [6, 6.07) is 12.0. The lowest BCUT2D eigenvalue weighted by molar-refractivity contribution is 0.604. The molecule has 0 fully saturated rings. The molecule has 0 saturated heterocycles. The van der Waals surface area contributed by atoms with E-state index < -0.39 is 15.8 Å². The molecule has 1 aliphatic heterocycles. The maximum atomic E-state index is 14.7. The maximum Gasteiger partial charge on any atom is 0.258 e. The van der Waals surface area contributed by atoms with Crippen LogP contribution in [-0.4, -0.2) is 23.2 Å². The monoisotopic (exact) mass is 438 g/mol. The summed E-state index contributed by atoms with van der Waals surface area (Å²) in [7, 11) is -3.75. The molecule has 2 aromatic carbocycles. The van der Waals surface area contributed by atoms with Gasteiger partial charge < -0.3 is 4.57 Å². The van der Waals surface area contributed by atoms with Gasteiger partial charge in [-0.25, -0.2) is 12.8 Å². The van der Waals surface area contributed by atoms with Crippen LogP contribution in [0, 0.1) is 5.82 Å². The highest BCUT2D eigenvalue weighted by Gasteiger charge is 2.23. The largest absolute Gasteiger partial charge is 0.311 e. The van der Waals surface area contributed by atoms with Crippen molar-refractivity contribution in [1.82, 2.24) is 14.8 Å². The first-order valence-corrected chi connectivity index (χ1v) is 12.0. The van der Waals surface area contributed by atoms with E-state index in [0.717, 1.165) is 49.2 Å². The fourth-order valence-electron chi connectivity index (χ4n) is 4.28. The average molecular weight is 439 g/mol. The van der Waals surface area contributed by atoms with Gasteiger partial charge in [-0.2, -0.15) is 0 Å². The Morgan fingerprint density at radius 1 is 0.968 bits per heavy atom. The van der Waals surface area contributed by atoms with Gasteiger partial charge in [-0.05, 0) is 61.1 Å². The topological polar surface area (TPSA) is 76.9 Å². The van der Waals surface area contributed by atoms with Crippen molar-refractivity contribution in [2.45, 2.75) is 45.1 Å². The second kappa shape index (κ2) is 7.92. The summed E-state index contributed by atoms with van der Waals surface area (Å²) in [4.78, 5) is 0.327. The highest BCUT2D eigenvalue weighted by molar-refractivity contribution is 7.96. The molecule has 1 aromatic heterocycles. The summed E-state index contributed by atoms with van der Waals surface area (Å²) in [6.07, 6.45) is 6.76. The minimum Gasteiger partial charge on any atom is -0.311 e. The van der Waals surface area contributed by atoms with E-state index >= 15 is 0 Å². The number of sulfonamides is 1. The quantitative estimate of drug-likeness (QED) is 0.649. The van der Waals surface area contributed by atoms with Crippen molar-refractivity contribution in [2.24, 2.45) is 0 Å². The van der Waals surface area contributed by atoms with Crippen LogP contribution in [0.5, 0.6) is 0 Å². The van der Waals surface area contributed by atoms with Crippen molar-refractivity contribution in [3.05, 3.63) is 70.1 Å². The third-order valence-electron chi connectivity index (χ3n) is 5.93. The number of benzene rings is 2. The Kier molecular flexibility index (Phi) is 5.09. The highest BCUT2D eigenvalue weighted by Crippen LogP contribution is 2.31. The lowest BCUT2D eigenvalue weighted by Crippen LogP contribution is -2.17. The fraction of sp³-hybridized carbons (Fsp3) is 0.304. The summed E-state index contributed by atoms with van der Waals surface area (Å²) in [6.45, 7) is 0.735. The van der Waals surface area contributed by atoms with Gasteiger partial charge in [-0.1, -0.05) is 30.7 Å². The summed E-state index contributed by atoms with van der Waals surface area (Å²) in [5.74, 6) is 0.846. The van der Waals surface area contributed by atoms with E-state index in [9.17, 15) is 12.8 Å². The molecule has 0 radical (unpaired) electrons. The van der Waals surface area contributed by atoms with Gasteiger partial charge in [0.1, 0.15) is 11.6 Å². The summed E-state index contributed by atoms with van der Waals surface area (Å²) in [5.41, 5.74) is 2.61. The minimum absolute atomic E-state index is 0.254. The summed E-state index contributed by atoms with van der Waals surface area (Å²) in [5, 5.41) is 8.44. The van der Waals surface area contributed by atoms with Gasteiger partial charge in [0, 0.05) is 18.7 Å². The van der Waals surface area contributed by atoms with Crippen LogP contribution in [0.3, 0.4) is 0 Å². The zero-order valence-electron chi connectivity index (χ0n) is 17.0. The second-order valence-corrected chi connectivity index (χ2v) is 9.75. The minimum atomic E-state index is -3.75. The van der Waals surface area contributed by atoms with Crippen molar-refractivity contribution in [3.8, 4) is 11.4 Å². The number of nitrogens with one attached hydrogen (secondary N) is 1. The van der Waals surface area contributed by atoms with E-state index in [2.05, 4.69) is 14.9 Å².